The monoisotopic (exact) mass is 383 g/mol. The highest BCUT2D eigenvalue weighted by molar-refractivity contribution is 5.87. The molecule has 3 heterocycles. The first-order valence-electron chi connectivity index (χ1n) is 9.20. The van der Waals surface area contributed by atoms with Gasteiger partial charge in [0.1, 0.15) is 12.2 Å². The Balaban J connectivity index is 1.43. The summed E-state index contributed by atoms with van der Waals surface area (Å²) in [5.41, 5.74) is 1.61. The van der Waals surface area contributed by atoms with Gasteiger partial charge in [0.25, 0.3) is 0 Å². The molecule has 1 aliphatic heterocycles. The van der Waals surface area contributed by atoms with Crippen LogP contribution in [0.15, 0.2) is 51.8 Å². The van der Waals surface area contributed by atoms with Gasteiger partial charge in [0, 0.05) is 25.3 Å². The van der Waals surface area contributed by atoms with Gasteiger partial charge in [0.15, 0.2) is 5.58 Å². The van der Waals surface area contributed by atoms with Crippen LogP contribution in [0.2, 0.25) is 0 Å². The van der Waals surface area contributed by atoms with Gasteiger partial charge in [-0.25, -0.2) is 9.59 Å². The predicted octanol–water partition coefficient (Wildman–Crippen LogP) is 2.05. The summed E-state index contributed by atoms with van der Waals surface area (Å²) in [5, 5.41) is 0. The lowest BCUT2D eigenvalue weighted by molar-refractivity contribution is -0.133. The maximum atomic E-state index is 12.7. The number of hydrogen-bond acceptors (Lipinski definition) is 5. The Labute approximate surface area is 160 Å². The third-order valence-corrected chi connectivity index (χ3v) is 5.25. The molecule has 1 aliphatic rings. The molecule has 4 rings (SSSR count). The maximum Gasteiger partial charge on any atom is 0.420 e. The number of rotatable bonds is 4. The lowest BCUT2D eigenvalue weighted by Gasteiger charge is -2.33. The molecule has 146 valence electrons. The highest BCUT2D eigenvalue weighted by Crippen LogP contribution is 2.25. The molecule has 3 aromatic rings. The fourth-order valence-electron chi connectivity index (χ4n) is 3.78. The van der Waals surface area contributed by atoms with Gasteiger partial charge in [0.05, 0.1) is 12.6 Å². The summed E-state index contributed by atoms with van der Waals surface area (Å²) in [6, 6.07) is 10.7. The Morgan fingerprint density at radius 2 is 1.89 bits per heavy atom. The average Bonchev–Trinajstić information content (AvgIpc) is 3.32. The summed E-state index contributed by atoms with van der Waals surface area (Å²) >= 11 is 0. The van der Waals surface area contributed by atoms with Gasteiger partial charge in [-0.15, -0.1) is 0 Å². The Kier molecular flexibility index (Phi) is 4.77. The number of fused-ring (bicyclic) bond motifs is 1. The number of carbonyl (C=O) groups is 2. The molecule has 28 heavy (non-hydrogen) atoms. The topological polar surface area (TPSA) is 86.7 Å². The Morgan fingerprint density at radius 3 is 2.64 bits per heavy atom. The van der Waals surface area contributed by atoms with E-state index in [2.05, 4.69) is 0 Å². The van der Waals surface area contributed by atoms with Crippen LogP contribution in [0.4, 0.5) is 0 Å². The first-order valence-corrected chi connectivity index (χ1v) is 9.20. The van der Waals surface area contributed by atoms with E-state index >= 15 is 0 Å². The number of likely N-dealkylation sites (tertiary alicyclic amines) is 1. The van der Waals surface area contributed by atoms with E-state index in [-0.39, 0.29) is 24.5 Å². The minimum absolute atomic E-state index is 0.0442. The van der Waals surface area contributed by atoms with E-state index in [9.17, 15) is 14.4 Å². The molecule has 1 saturated heterocycles. The van der Waals surface area contributed by atoms with Crippen LogP contribution in [0, 0.1) is 0 Å². The molecule has 1 fully saturated rings. The van der Waals surface area contributed by atoms with E-state index in [0.29, 0.717) is 29.9 Å². The van der Waals surface area contributed by atoms with E-state index in [0.717, 1.165) is 12.8 Å². The molecule has 1 amide bonds. The molecule has 1 aromatic carbocycles. The highest BCUT2D eigenvalue weighted by atomic mass is 16.5. The smallest absolute Gasteiger partial charge is 0.420 e. The van der Waals surface area contributed by atoms with Crippen molar-refractivity contribution in [3.63, 3.8) is 0 Å². The van der Waals surface area contributed by atoms with Crippen LogP contribution < -0.4 is 5.76 Å². The number of amides is 1. The Bertz CT molecular complexity index is 1070. The minimum atomic E-state index is -0.528. The second-order valence-corrected chi connectivity index (χ2v) is 6.83. The second kappa shape index (κ2) is 7.38. The van der Waals surface area contributed by atoms with Crippen LogP contribution in [-0.2, 0) is 16.1 Å². The number of ether oxygens (including phenoxy) is 1. The number of methoxy groups -OCH3 is 1. The lowest BCUT2D eigenvalue weighted by atomic mass is 10.0. The molecule has 0 saturated carbocycles. The quantitative estimate of drug-likeness (QED) is 0.644. The first kappa shape index (κ1) is 18.1. The molecule has 8 nitrogen and oxygen atoms in total. The maximum absolute atomic E-state index is 12.7. The van der Waals surface area contributed by atoms with Gasteiger partial charge in [-0.05, 0) is 37.1 Å². The number of nitrogens with zero attached hydrogens (tertiary/aromatic N) is 3. The largest absolute Gasteiger partial charge is 0.464 e. The van der Waals surface area contributed by atoms with Crippen LogP contribution in [0.5, 0.6) is 0 Å². The summed E-state index contributed by atoms with van der Waals surface area (Å²) in [7, 11) is 1.36. The van der Waals surface area contributed by atoms with Crippen molar-refractivity contribution in [1.82, 2.24) is 14.0 Å². The molecular formula is C20H21N3O5. The normalized spacial score (nSPS) is 15.1. The van der Waals surface area contributed by atoms with Crippen LogP contribution in [-0.4, -0.2) is 46.1 Å². The third kappa shape index (κ3) is 3.21. The zero-order valence-corrected chi connectivity index (χ0v) is 15.5. The molecule has 8 heteroatoms. The van der Waals surface area contributed by atoms with Gasteiger partial charge in [-0.3, -0.25) is 9.36 Å². The zero-order chi connectivity index (χ0) is 19.7. The van der Waals surface area contributed by atoms with E-state index < -0.39 is 5.76 Å². The molecule has 0 atom stereocenters. The fourth-order valence-corrected chi connectivity index (χ4v) is 3.78. The summed E-state index contributed by atoms with van der Waals surface area (Å²) in [6.45, 7) is 1.08. The molecule has 0 bridgehead atoms. The average molecular weight is 383 g/mol. The third-order valence-electron chi connectivity index (χ3n) is 5.25. The SMILES string of the molecule is COC(=O)c1cccn1C1CCN(C(=O)Cn2c(=O)oc3ccccc32)CC1. The van der Waals surface area contributed by atoms with Gasteiger partial charge in [-0.2, -0.15) is 0 Å². The molecule has 0 unspecified atom stereocenters. The number of oxazole rings is 1. The van der Waals surface area contributed by atoms with E-state index in [4.69, 9.17) is 9.15 Å². The second-order valence-electron chi connectivity index (χ2n) is 6.83. The summed E-state index contributed by atoms with van der Waals surface area (Å²) in [6.07, 6.45) is 3.32. The lowest BCUT2D eigenvalue weighted by Crippen LogP contribution is -2.41. The van der Waals surface area contributed by atoms with Crippen molar-refractivity contribution < 1.29 is 18.7 Å². The highest BCUT2D eigenvalue weighted by Gasteiger charge is 2.26. The van der Waals surface area contributed by atoms with E-state index in [1.54, 1.807) is 35.2 Å². The number of para-hydroxylation sites is 2. The summed E-state index contributed by atoms with van der Waals surface area (Å²) in [5.74, 6) is -1.01. The van der Waals surface area contributed by atoms with E-state index in [1.807, 2.05) is 16.8 Å². The molecular weight excluding hydrogens is 362 g/mol. The standard InChI is InChI=1S/C20H21N3O5/c1-27-19(25)16-6-4-10-22(16)14-8-11-21(12-9-14)18(24)13-23-15-5-2-3-7-17(15)28-20(23)26/h2-7,10,14H,8-9,11-13H2,1H3. The van der Waals surface area contributed by atoms with Crippen molar-refractivity contribution in [1.29, 1.82) is 0 Å². The van der Waals surface area contributed by atoms with Gasteiger partial charge < -0.3 is 18.6 Å². The van der Waals surface area contributed by atoms with Gasteiger partial charge in [0.2, 0.25) is 5.91 Å². The molecule has 0 aliphatic carbocycles. The molecule has 0 spiro atoms. The Hall–Kier alpha value is -3.29. The van der Waals surface area contributed by atoms with Crippen molar-refractivity contribution in [2.45, 2.75) is 25.4 Å². The van der Waals surface area contributed by atoms with Crippen molar-refractivity contribution in [3.8, 4) is 0 Å². The molecule has 0 radical (unpaired) electrons. The number of esters is 1. The number of benzene rings is 1. The van der Waals surface area contributed by atoms with Crippen LogP contribution in [0.25, 0.3) is 11.1 Å². The molecule has 2 aromatic heterocycles. The number of aromatic nitrogens is 2. The Morgan fingerprint density at radius 1 is 1.14 bits per heavy atom. The number of carbonyl (C=O) groups excluding carboxylic acids is 2. The van der Waals surface area contributed by atoms with Gasteiger partial charge >= 0.3 is 11.7 Å². The van der Waals surface area contributed by atoms with Crippen molar-refractivity contribution >= 4 is 23.0 Å². The zero-order valence-electron chi connectivity index (χ0n) is 15.5. The van der Waals surface area contributed by atoms with Crippen LogP contribution >= 0.6 is 0 Å². The predicted molar refractivity (Wildman–Crippen MR) is 101 cm³/mol. The van der Waals surface area contributed by atoms with Crippen LogP contribution in [0.3, 0.4) is 0 Å². The van der Waals surface area contributed by atoms with Crippen molar-refractivity contribution in [3.05, 3.63) is 58.8 Å². The number of hydrogen-bond donors (Lipinski definition) is 0. The minimum Gasteiger partial charge on any atom is -0.464 e. The van der Waals surface area contributed by atoms with Crippen molar-refractivity contribution in [2.75, 3.05) is 20.2 Å². The summed E-state index contributed by atoms with van der Waals surface area (Å²) in [4.78, 5) is 38.4. The molecule has 0 N–H and O–H groups in total. The van der Waals surface area contributed by atoms with Crippen LogP contribution in [0.1, 0.15) is 29.4 Å². The van der Waals surface area contributed by atoms with Crippen molar-refractivity contribution in [2.24, 2.45) is 0 Å². The number of piperidine rings is 1. The summed E-state index contributed by atoms with van der Waals surface area (Å²) < 4.78 is 13.3. The van der Waals surface area contributed by atoms with Gasteiger partial charge in [-0.1, -0.05) is 12.1 Å². The first-order chi connectivity index (χ1) is 13.6. The van der Waals surface area contributed by atoms with E-state index in [1.165, 1.54) is 11.7 Å². The fraction of sp³-hybridized carbons (Fsp3) is 0.350.